The van der Waals surface area contributed by atoms with Crippen molar-refractivity contribution in [2.45, 2.75) is 531 Å². The number of hydrogen-bond acceptors (Lipinski definition) is 24. The molecule has 702 valence electrons. The summed E-state index contributed by atoms with van der Waals surface area (Å²) in [6.07, 6.45) is 25.2. The fraction of sp³-hybridized carbons (Fsp3) is 0.957. The number of carbonyl (C=O) groups is 4. The Morgan fingerprint density at radius 2 is 0.630 bits per heavy atom. The molecule has 1 saturated carbocycles. The van der Waals surface area contributed by atoms with Gasteiger partial charge in [-0.1, -0.05) is 375 Å². The molecule has 3 fully saturated rings. The number of esters is 4. The van der Waals surface area contributed by atoms with Crippen LogP contribution in [0.5, 0.6) is 0 Å². The smallest absolute Gasteiger partial charge is 0.463 e. The largest absolute Gasteiger partial charge is 0.472 e. The van der Waals surface area contributed by atoms with Gasteiger partial charge in [-0.05, 0) is 37.5 Å². The summed E-state index contributed by atoms with van der Waals surface area (Å²) in [7, 11) is -5.81. The van der Waals surface area contributed by atoms with Gasteiger partial charge in [0.15, 0.2) is 24.8 Å². The number of phosphoric ester groups is 1. The van der Waals surface area contributed by atoms with E-state index in [-0.39, 0.29) is 25.7 Å². The van der Waals surface area contributed by atoms with E-state index in [9.17, 15) is 74.6 Å². The lowest BCUT2D eigenvalue weighted by molar-refractivity contribution is -0.360. The minimum atomic E-state index is -5.81. The highest BCUT2D eigenvalue weighted by Crippen LogP contribution is 2.49. The van der Waals surface area contributed by atoms with Gasteiger partial charge in [0.2, 0.25) is 0 Å². The molecule has 20 atom stereocenters. The summed E-state index contributed by atoms with van der Waals surface area (Å²) in [5.74, 6) is -1.63. The lowest BCUT2D eigenvalue weighted by Crippen LogP contribution is -2.70. The Labute approximate surface area is 719 Å². The first-order chi connectivity index (χ1) is 57.5. The van der Waals surface area contributed by atoms with Crippen LogP contribution in [0.4, 0.5) is 0 Å². The number of hydrogen-bond donors (Lipinski definition) is 10. The van der Waals surface area contributed by atoms with Crippen LogP contribution >= 0.6 is 7.82 Å². The Bertz CT molecular complexity index is 2500. The number of carbonyl (C=O) groups excluding carboxylic acids is 4. The number of ether oxygens (including phenoxy) is 8. The minimum Gasteiger partial charge on any atom is -0.463 e. The lowest BCUT2D eigenvalue weighted by Gasteiger charge is -2.50. The van der Waals surface area contributed by atoms with Gasteiger partial charge in [-0.15, -0.1) is 0 Å². The van der Waals surface area contributed by atoms with Crippen LogP contribution in [-0.4, -0.2) is 205 Å². The molecule has 0 radical (unpaired) electrons. The van der Waals surface area contributed by atoms with Gasteiger partial charge in [0.25, 0.3) is 0 Å². The second kappa shape index (κ2) is 70.5. The van der Waals surface area contributed by atoms with Crippen LogP contribution < -0.4 is 0 Å². The zero-order chi connectivity index (χ0) is 87.1. The number of phosphoric acid groups is 1. The van der Waals surface area contributed by atoms with Crippen molar-refractivity contribution in [3.63, 3.8) is 0 Å². The fourth-order valence-electron chi connectivity index (χ4n) is 16.5. The molecule has 0 aromatic carbocycles. The summed E-state index contributed by atoms with van der Waals surface area (Å²) >= 11 is 0. The van der Waals surface area contributed by atoms with Gasteiger partial charge in [0.1, 0.15) is 92.6 Å². The number of unbranched alkanes of at least 4 members (excludes halogenated alkanes) is 46. The number of aliphatic hydroxyl groups excluding tert-OH is 9. The topological polar surface area (TPSA) is 380 Å². The molecule has 10 N–H and O–H groups in total. The molecule has 26 heteroatoms. The van der Waals surface area contributed by atoms with Crippen LogP contribution in [0.3, 0.4) is 0 Å². The standard InChI is InChI=1S/C93H175O25P/c1-7-11-15-19-23-25-27-29-30-32-33-35-37-47-56-64-77(96)110-70-75-81(100)83(102)87(106)93(114-75)117-90-88(115-79(98)66-58-50-42-40-46-54-62-72(6)60-52-44-22-18-14-10-4)84(103)85(104)89(116-92-86(105)82(101)80(99)74(67-94)113-92)91(90)118-119(107,108)111-69-73(112-78(97)65-57-49-38-36-34-31-28-26-24-20-16-12-8-2)68-109-76(95)63-55-48-41-39-45-53-61-71(5)59-51-43-21-17-13-9-3/h71-75,80-94,99-106H,7-70H2,1-6H3,(H,107,108). The van der Waals surface area contributed by atoms with Crippen LogP contribution in [0.15, 0.2) is 0 Å². The highest BCUT2D eigenvalue weighted by atomic mass is 31.2. The molecule has 0 amide bonds. The zero-order valence-corrected chi connectivity index (χ0v) is 76.2. The van der Waals surface area contributed by atoms with Gasteiger partial charge in [0.05, 0.1) is 13.2 Å². The van der Waals surface area contributed by atoms with E-state index in [2.05, 4.69) is 41.5 Å². The Balaban J connectivity index is 1.92. The zero-order valence-electron chi connectivity index (χ0n) is 75.3. The Kier molecular flexibility index (Phi) is 65.6. The second-order valence-electron chi connectivity index (χ2n) is 35.5. The van der Waals surface area contributed by atoms with Crippen molar-refractivity contribution in [1.29, 1.82) is 0 Å². The normalized spacial score (nSPS) is 25.3. The second-order valence-corrected chi connectivity index (χ2v) is 36.9. The van der Waals surface area contributed by atoms with E-state index in [1.807, 2.05) is 0 Å². The molecular weight excluding hydrogens is 1550 g/mol. The predicted octanol–water partition coefficient (Wildman–Crippen LogP) is 18.3. The van der Waals surface area contributed by atoms with Crippen LogP contribution in [0.2, 0.25) is 0 Å². The molecular formula is C93H175O25P. The van der Waals surface area contributed by atoms with E-state index in [0.29, 0.717) is 43.9 Å². The Morgan fingerprint density at radius 1 is 0.328 bits per heavy atom. The molecule has 20 unspecified atom stereocenters. The molecule has 0 bridgehead atoms. The molecule has 2 saturated heterocycles. The van der Waals surface area contributed by atoms with Crippen LogP contribution in [0.25, 0.3) is 0 Å². The van der Waals surface area contributed by atoms with Gasteiger partial charge < -0.3 is 88.7 Å². The van der Waals surface area contributed by atoms with Crippen molar-refractivity contribution < 1.29 is 122 Å². The van der Waals surface area contributed by atoms with E-state index in [1.165, 1.54) is 199 Å². The minimum absolute atomic E-state index is 0.0193. The number of rotatable bonds is 78. The average molecular weight is 1720 g/mol. The first-order valence-corrected chi connectivity index (χ1v) is 50.0. The molecule has 119 heavy (non-hydrogen) atoms. The van der Waals surface area contributed by atoms with Crippen molar-refractivity contribution in [2.24, 2.45) is 11.8 Å². The van der Waals surface area contributed by atoms with Crippen molar-refractivity contribution in [3.8, 4) is 0 Å². The summed E-state index contributed by atoms with van der Waals surface area (Å²) in [5.41, 5.74) is 0. The molecule has 0 aromatic heterocycles. The maximum atomic E-state index is 14.9. The van der Waals surface area contributed by atoms with Crippen molar-refractivity contribution in [2.75, 3.05) is 26.4 Å². The first kappa shape index (κ1) is 111. The molecule has 3 aliphatic rings. The van der Waals surface area contributed by atoms with Gasteiger partial charge in [-0.2, -0.15) is 0 Å². The summed E-state index contributed by atoms with van der Waals surface area (Å²) in [6.45, 7) is 10.3. The SMILES string of the molecule is CCCCCCCCCCCCCCCCCC(=O)OCC1OC(OC2C(OC(=O)CCCCCCCCC(C)CCCCCCCC)C(O)C(O)C(OC3OC(CO)C(O)C(O)C3O)C2OP(=O)(O)OCC(COC(=O)CCCCCCCCC(C)CCCCCCCC)OC(=O)CCCCCCCCCCCCCCC)C(O)C(O)C1O. The molecule has 2 aliphatic heterocycles. The maximum Gasteiger partial charge on any atom is 0.472 e. The molecule has 1 aliphatic carbocycles. The van der Waals surface area contributed by atoms with Crippen molar-refractivity contribution in [3.05, 3.63) is 0 Å². The summed E-state index contributed by atoms with van der Waals surface area (Å²) in [4.78, 5) is 66.6. The number of aliphatic hydroxyl groups is 9. The van der Waals surface area contributed by atoms with Crippen molar-refractivity contribution in [1.82, 2.24) is 0 Å². The quantitative estimate of drug-likeness (QED) is 0.0117. The molecule has 0 aromatic rings. The highest BCUT2D eigenvalue weighted by Gasteiger charge is 2.60. The summed E-state index contributed by atoms with van der Waals surface area (Å²) < 4.78 is 73.6. The first-order valence-electron chi connectivity index (χ1n) is 48.6. The van der Waals surface area contributed by atoms with E-state index in [0.717, 1.165) is 128 Å². The third-order valence-electron chi connectivity index (χ3n) is 24.4. The summed E-state index contributed by atoms with van der Waals surface area (Å²) in [6, 6.07) is 0. The third kappa shape index (κ3) is 51.2. The van der Waals surface area contributed by atoms with Crippen molar-refractivity contribution >= 4 is 31.7 Å². The van der Waals surface area contributed by atoms with Gasteiger partial charge >= 0.3 is 31.7 Å². The molecule has 3 rings (SSSR count). The fourth-order valence-corrected chi connectivity index (χ4v) is 17.5. The van der Waals surface area contributed by atoms with E-state index in [4.69, 9.17) is 46.9 Å². The van der Waals surface area contributed by atoms with Gasteiger partial charge in [0, 0.05) is 25.7 Å². The van der Waals surface area contributed by atoms with Gasteiger partial charge in [-0.3, -0.25) is 28.2 Å². The maximum absolute atomic E-state index is 14.9. The van der Waals surface area contributed by atoms with E-state index in [1.54, 1.807) is 0 Å². The predicted molar refractivity (Wildman–Crippen MR) is 463 cm³/mol. The molecule has 0 spiro atoms. The van der Waals surface area contributed by atoms with E-state index >= 15 is 0 Å². The van der Waals surface area contributed by atoms with Gasteiger partial charge in [-0.25, -0.2) is 4.57 Å². The molecule has 2 heterocycles. The summed E-state index contributed by atoms with van der Waals surface area (Å²) in [5, 5.41) is 103. The van der Waals surface area contributed by atoms with Crippen LogP contribution in [-0.2, 0) is 70.7 Å². The van der Waals surface area contributed by atoms with Crippen LogP contribution in [0, 0.1) is 11.8 Å². The molecule has 25 nitrogen and oxygen atoms in total. The lowest BCUT2D eigenvalue weighted by atomic mass is 9.84. The van der Waals surface area contributed by atoms with E-state index < -0.39 is 162 Å². The Hall–Kier alpha value is -2.53. The Morgan fingerprint density at radius 3 is 1.00 bits per heavy atom. The monoisotopic (exact) mass is 1720 g/mol. The third-order valence-corrected chi connectivity index (χ3v) is 25.4. The average Bonchev–Trinajstić information content (AvgIpc) is 0.754. The highest BCUT2D eigenvalue weighted by molar-refractivity contribution is 7.47. The van der Waals surface area contributed by atoms with Crippen LogP contribution in [0.1, 0.15) is 427 Å².